The smallest absolute Gasteiger partial charge is 0.413 e. The Morgan fingerprint density at radius 2 is 1.92 bits per heavy atom. The molecule has 0 spiro atoms. The van der Waals surface area contributed by atoms with Crippen molar-refractivity contribution in [2.75, 3.05) is 5.32 Å². The number of ether oxygens (including phenoxy) is 1. The molecule has 0 unspecified atom stereocenters. The van der Waals surface area contributed by atoms with Crippen LogP contribution in [0.15, 0.2) is 12.4 Å². The third kappa shape index (κ3) is 5.10. The average molecular weight is 344 g/mol. The van der Waals surface area contributed by atoms with Gasteiger partial charge in [0.05, 0.1) is 11.9 Å². The number of aromatic nitrogens is 3. The highest BCUT2D eigenvalue weighted by Crippen LogP contribution is 2.15. The zero-order valence-electron chi connectivity index (χ0n) is 15.3. The van der Waals surface area contributed by atoms with Crippen molar-refractivity contribution in [3.05, 3.63) is 23.8 Å². The second kappa shape index (κ2) is 6.28. The summed E-state index contributed by atoms with van der Waals surface area (Å²) < 4.78 is 7.07. The Bertz CT molecular complexity index is 832. The summed E-state index contributed by atoms with van der Waals surface area (Å²) in [7, 11) is -1.52. The number of carbonyl (C=O) groups excluding carboxylic acids is 1. The highest BCUT2D eigenvalue weighted by Gasteiger charge is 2.18. The molecule has 2 aromatic rings. The van der Waals surface area contributed by atoms with Gasteiger partial charge in [0.1, 0.15) is 13.7 Å². The molecule has 0 fully saturated rings. The van der Waals surface area contributed by atoms with Gasteiger partial charge in [-0.05, 0) is 27.7 Å². The van der Waals surface area contributed by atoms with Gasteiger partial charge in [0.25, 0.3) is 0 Å². The largest absolute Gasteiger partial charge is 0.444 e. The second-order valence-corrected chi connectivity index (χ2v) is 12.5. The van der Waals surface area contributed by atoms with Crippen molar-refractivity contribution in [2.45, 2.75) is 52.9 Å². The van der Waals surface area contributed by atoms with E-state index in [1.807, 2.05) is 38.3 Å². The molecule has 2 aromatic heterocycles. The van der Waals surface area contributed by atoms with Gasteiger partial charge in [0, 0.05) is 6.20 Å². The molecule has 128 valence electrons. The molecule has 24 heavy (non-hydrogen) atoms. The summed E-state index contributed by atoms with van der Waals surface area (Å²) in [6.07, 6.45) is 3.04. The lowest BCUT2D eigenvalue weighted by Crippen LogP contribution is -2.27. The van der Waals surface area contributed by atoms with Crippen molar-refractivity contribution >= 4 is 25.6 Å². The van der Waals surface area contributed by atoms with E-state index in [-0.39, 0.29) is 0 Å². The second-order valence-electron chi connectivity index (χ2n) is 7.71. The van der Waals surface area contributed by atoms with Gasteiger partial charge < -0.3 is 9.14 Å². The van der Waals surface area contributed by atoms with E-state index in [0.29, 0.717) is 17.2 Å². The van der Waals surface area contributed by atoms with Crippen molar-refractivity contribution < 1.29 is 9.53 Å². The van der Waals surface area contributed by atoms with Gasteiger partial charge in [0.15, 0.2) is 17.2 Å². The Morgan fingerprint density at radius 1 is 1.25 bits per heavy atom. The van der Waals surface area contributed by atoms with Crippen LogP contribution in [0.5, 0.6) is 0 Å². The molecular weight excluding hydrogens is 320 g/mol. The molecule has 0 radical (unpaired) electrons. The number of anilines is 1. The average Bonchev–Trinajstić information content (AvgIpc) is 2.74. The fourth-order valence-corrected chi connectivity index (χ4v) is 2.42. The Kier molecular flexibility index (Phi) is 4.72. The number of nitrogens with zero attached hydrogens (tertiary/aromatic N) is 3. The lowest BCUT2D eigenvalue weighted by Gasteiger charge is -2.18. The van der Waals surface area contributed by atoms with Crippen molar-refractivity contribution in [2.24, 2.45) is 0 Å². The molecule has 1 N–H and O–H groups in total. The van der Waals surface area contributed by atoms with Crippen LogP contribution < -0.4 is 5.32 Å². The van der Waals surface area contributed by atoms with Crippen LogP contribution in [-0.4, -0.2) is 34.1 Å². The van der Waals surface area contributed by atoms with E-state index in [2.05, 4.69) is 46.4 Å². The van der Waals surface area contributed by atoms with Crippen LogP contribution in [0.1, 0.15) is 32.2 Å². The van der Waals surface area contributed by atoms with E-state index < -0.39 is 19.8 Å². The molecule has 0 aliphatic rings. The molecule has 2 heterocycles. The van der Waals surface area contributed by atoms with Gasteiger partial charge in [-0.25, -0.2) is 14.8 Å². The number of carbonyl (C=O) groups is 1. The molecule has 0 saturated carbocycles. The Balaban J connectivity index is 2.36. The van der Waals surface area contributed by atoms with Crippen LogP contribution in [0.3, 0.4) is 0 Å². The summed E-state index contributed by atoms with van der Waals surface area (Å²) >= 11 is 0. The summed E-state index contributed by atoms with van der Waals surface area (Å²) in [4.78, 5) is 20.8. The minimum atomic E-state index is -1.52. The summed E-state index contributed by atoms with van der Waals surface area (Å²) in [6, 6.07) is 0. The van der Waals surface area contributed by atoms with Gasteiger partial charge >= 0.3 is 6.09 Å². The van der Waals surface area contributed by atoms with Crippen LogP contribution in [0, 0.1) is 18.4 Å². The third-order valence-electron chi connectivity index (χ3n) is 2.74. The van der Waals surface area contributed by atoms with Crippen LogP contribution in [0.4, 0.5) is 10.6 Å². The van der Waals surface area contributed by atoms with Gasteiger partial charge in [-0.3, -0.25) is 5.32 Å². The molecule has 2 rings (SSSR count). The number of hydrogen-bond donors (Lipinski definition) is 1. The maximum Gasteiger partial charge on any atom is 0.413 e. The zero-order valence-corrected chi connectivity index (χ0v) is 16.3. The molecule has 0 aliphatic heterocycles. The monoisotopic (exact) mass is 344 g/mol. The summed E-state index contributed by atoms with van der Waals surface area (Å²) in [6.45, 7) is 13.9. The quantitative estimate of drug-likeness (QED) is 0.634. The third-order valence-corrected chi connectivity index (χ3v) is 3.62. The number of amides is 1. The highest BCUT2D eigenvalue weighted by molar-refractivity contribution is 6.83. The standard InChI is InChI=1S/C17H24N4O2Si/c1-12-10-21-11-14(20-16(22)23-17(2,3)4)19-15(21)13(18-12)8-9-24(5,6)7/h10-11H,1-7H3,(H,20,22). The zero-order chi connectivity index (χ0) is 18.1. The van der Waals surface area contributed by atoms with E-state index in [4.69, 9.17) is 4.74 Å². The molecule has 0 aromatic carbocycles. The minimum Gasteiger partial charge on any atom is -0.444 e. The number of rotatable bonds is 1. The lowest BCUT2D eigenvalue weighted by molar-refractivity contribution is 0.0635. The molecule has 0 bridgehead atoms. The van der Waals surface area contributed by atoms with Gasteiger partial charge in [-0.15, -0.1) is 5.54 Å². The predicted molar refractivity (Wildman–Crippen MR) is 97.8 cm³/mol. The Labute approximate surface area is 143 Å². The first kappa shape index (κ1) is 18.0. The first-order chi connectivity index (χ1) is 10.9. The summed E-state index contributed by atoms with van der Waals surface area (Å²) in [5.41, 5.74) is 4.82. The first-order valence-corrected chi connectivity index (χ1v) is 11.3. The molecule has 0 saturated heterocycles. The molecule has 6 nitrogen and oxygen atoms in total. The first-order valence-electron chi connectivity index (χ1n) is 7.82. The lowest BCUT2D eigenvalue weighted by atomic mass is 10.2. The minimum absolute atomic E-state index is 0.410. The van der Waals surface area contributed by atoms with Crippen molar-refractivity contribution in [1.29, 1.82) is 0 Å². The Morgan fingerprint density at radius 3 is 2.50 bits per heavy atom. The van der Waals surface area contributed by atoms with E-state index in [1.54, 1.807) is 6.20 Å². The number of imidazole rings is 1. The van der Waals surface area contributed by atoms with Gasteiger partial charge in [-0.2, -0.15) is 0 Å². The number of aryl methyl sites for hydroxylation is 1. The van der Waals surface area contributed by atoms with Crippen molar-refractivity contribution in [1.82, 2.24) is 14.4 Å². The van der Waals surface area contributed by atoms with Crippen molar-refractivity contribution in [3.63, 3.8) is 0 Å². The van der Waals surface area contributed by atoms with Gasteiger partial charge in [0.2, 0.25) is 0 Å². The molecule has 1 amide bonds. The van der Waals surface area contributed by atoms with Gasteiger partial charge in [-0.1, -0.05) is 25.6 Å². The summed E-state index contributed by atoms with van der Waals surface area (Å²) in [5, 5.41) is 2.65. The van der Waals surface area contributed by atoms with E-state index in [1.165, 1.54) is 0 Å². The van der Waals surface area contributed by atoms with E-state index in [0.717, 1.165) is 5.69 Å². The van der Waals surface area contributed by atoms with Crippen LogP contribution in [-0.2, 0) is 4.74 Å². The predicted octanol–water partition coefficient (Wildman–Crippen LogP) is 3.61. The van der Waals surface area contributed by atoms with Crippen molar-refractivity contribution in [3.8, 4) is 11.5 Å². The topological polar surface area (TPSA) is 68.5 Å². The fraction of sp³-hybridized carbons (Fsp3) is 0.471. The number of hydrogen-bond acceptors (Lipinski definition) is 4. The normalized spacial score (nSPS) is 11.8. The Hall–Kier alpha value is -2.33. The molecule has 7 heteroatoms. The van der Waals surface area contributed by atoms with Crippen LogP contribution in [0.2, 0.25) is 19.6 Å². The van der Waals surface area contributed by atoms with E-state index >= 15 is 0 Å². The number of nitrogens with one attached hydrogen (secondary N) is 1. The molecular formula is C17H24N4O2Si. The summed E-state index contributed by atoms with van der Waals surface area (Å²) in [5.74, 6) is 3.56. The SMILES string of the molecule is Cc1cn2cc(NC(=O)OC(C)(C)C)nc2c(C#C[Si](C)(C)C)n1. The number of fused-ring (bicyclic) bond motifs is 1. The highest BCUT2D eigenvalue weighted by atomic mass is 28.3. The maximum atomic E-state index is 11.9. The van der Waals surface area contributed by atoms with Crippen LogP contribution in [0.25, 0.3) is 5.65 Å². The fourth-order valence-electron chi connectivity index (χ4n) is 1.92. The molecule has 0 atom stereocenters. The maximum absolute atomic E-state index is 11.9. The molecule has 0 aliphatic carbocycles. The van der Waals surface area contributed by atoms with Crippen LogP contribution >= 0.6 is 0 Å². The van der Waals surface area contributed by atoms with E-state index in [9.17, 15) is 4.79 Å².